The molecule has 6 heteroatoms. The Kier molecular flexibility index (Phi) is 4.12. The van der Waals surface area contributed by atoms with Gasteiger partial charge in [0.1, 0.15) is 5.52 Å². The van der Waals surface area contributed by atoms with Crippen molar-refractivity contribution in [3.8, 4) is 0 Å². The van der Waals surface area contributed by atoms with Gasteiger partial charge in [0, 0.05) is 18.1 Å². The highest BCUT2D eigenvalue weighted by Gasteiger charge is 2.27. The Morgan fingerprint density at radius 1 is 1.29 bits per heavy atom. The smallest absolute Gasteiger partial charge is 0.261 e. The van der Waals surface area contributed by atoms with Gasteiger partial charge in [-0.1, -0.05) is 28.8 Å². The lowest BCUT2D eigenvalue weighted by Gasteiger charge is -2.31. The van der Waals surface area contributed by atoms with Gasteiger partial charge in [-0.25, -0.2) is 4.98 Å². The zero-order valence-electron chi connectivity index (χ0n) is 13.8. The van der Waals surface area contributed by atoms with Crippen LogP contribution < -0.4 is 10.5 Å². The second-order valence-electron chi connectivity index (χ2n) is 6.98. The molecule has 2 heterocycles. The number of rotatable bonds is 1. The van der Waals surface area contributed by atoms with E-state index in [0.29, 0.717) is 5.39 Å². The number of anilines is 1. The van der Waals surface area contributed by atoms with Crippen molar-refractivity contribution in [1.29, 1.82) is 0 Å². The number of hydrogen-bond acceptors (Lipinski definition) is 4. The summed E-state index contributed by atoms with van der Waals surface area (Å²) in [5.41, 5.74) is 3.04. The summed E-state index contributed by atoms with van der Waals surface area (Å²) in [6.45, 7) is 0.977. The highest BCUT2D eigenvalue weighted by Crippen LogP contribution is 2.37. The molecule has 0 amide bonds. The molecule has 0 spiro atoms. The topological polar surface area (TPSA) is 58.4 Å². The largest absolute Gasteiger partial charge is 0.391 e. The second-order valence-corrected chi connectivity index (χ2v) is 7.84. The fraction of sp³-hybridized carbons (Fsp3) is 0.556. The minimum atomic E-state index is -0.459. The summed E-state index contributed by atoms with van der Waals surface area (Å²) in [4.78, 5) is 19.9. The van der Waals surface area contributed by atoms with Crippen LogP contribution in [-0.4, -0.2) is 34.4 Å². The Balaban J connectivity index is 1.92. The predicted octanol–water partition coefficient (Wildman–Crippen LogP) is 3.02. The molecule has 1 N–H and O–H groups in total. The first-order valence-corrected chi connectivity index (χ1v) is 9.48. The van der Waals surface area contributed by atoms with Gasteiger partial charge in [-0.3, -0.25) is 9.36 Å². The zero-order chi connectivity index (χ0) is 16.8. The number of fused-ring (bicyclic) bond motifs is 3. The van der Waals surface area contributed by atoms with Gasteiger partial charge in [-0.15, -0.1) is 0 Å². The van der Waals surface area contributed by atoms with E-state index in [0.717, 1.165) is 60.7 Å². The Bertz CT molecular complexity index is 848. The van der Waals surface area contributed by atoms with E-state index >= 15 is 0 Å². The molecule has 2 unspecified atom stereocenters. The molecule has 2 aromatic rings. The molecule has 1 aliphatic heterocycles. The highest BCUT2D eigenvalue weighted by molar-refractivity contribution is 9.10. The van der Waals surface area contributed by atoms with Crippen molar-refractivity contribution < 1.29 is 5.11 Å². The van der Waals surface area contributed by atoms with Gasteiger partial charge in [0.2, 0.25) is 0 Å². The summed E-state index contributed by atoms with van der Waals surface area (Å²) in [6, 6.07) is 1.75. The minimum Gasteiger partial charge on any atom is -0.391 e. The zero-order valence-corrected chi connectivity index (χ0v) is 15.4. The van der Waals surface area contributed by atoms with Gasteiger partial charge in [-0.05, 0) is 37.3 Å². The van der Waals surface area contributed by atoms with Crippen LogP contribution in [0.4, 0.5) is 5.69 Å². The van der Waals surface area contributed by atoms with Crippen LogP contribution in [0.15, 0.2) is 21.7 Å². The first kappa shape index (κ1) is 16.1. The normalized spacial score (nSPS) is 24.2. The van der Waals surface area contributed by atoms with Gasteiger partial charge >= 0.3 is 0 Å². The highest BCUT2D eigenvalue weighted by atomic mass is 79.9. The van der Waals surface area contributed by atoms with Gasteiger partial charge in [0.15, 0.2) is 0 Å². The van der Waals surface area contributed by atoms with Crippen LogP contribution >= 0.6 is 15.9 Å². The van der Waals surface area contributed by atoms with E-state index in [2.05, 4.69) is 32.9 Å². The molecule has 0 radical (unpaired) electrons. The van der Waals surface area contributed by atoms with Gasteiger partial charge < -0.3 is 10.0 Å². The number of hydrogen-bond donors (Lipinski definition) is 1. The van der Waals surface area contributed by atoms with E-state index in [1.54, 1.807) is 10.9 Å². The molecule has 4 rings (SSSR count). The first-order chi connectivity index (χ1) is 11.6. The van der Waals surface area contributed by atoms with E-state index in [1.807, 2.05) is 6.07 Å². The Labute approximate surface area is 149 Å². The van der Waals surface area contributed by atoms with Crippen LogP contribution in [0.25, 0.3) is 10.9 Å². The van der Waals surface area contributed by atoms with E-state index in [9.17, 15) is 9.90 Å². The third kappa shape index (κ3) is 2.47. The third-order valence-electron chi connectivity index (χ3n) is 5.45. The monoisotopic (exact) mass is 391 g/mol. The molecule has 1 aromatic heterocycles. The van der Waals surface area contributed by atoms with Crippen molar-refractivity contribution >= 4 is 32.5 Å². The fourth-order valence-corrected chi connectivity index (χ4v) is 4.79. The lowest BCUT2D eigenvalue weighted by Crippen LogP contribution is -2.35. The molecule has 0 bridgehead atoms. The van der Waals surface area contributed by atoms with Crippen LogP contribution in [-0.2, 0) is 6.42 Å². The number of nitrogens with zero attached hydrogens (tertiary/aromatic N) is 3. The molecule has 0 saturated heterocycles. The minimum absolute atomic E-state index is 0.0478. The molecular weight excluding hydrogens is 370 g/mol. The lowest BCUT2D eigenvalue weighted by molar-refractivity contribution is 0.0735. The van der Waals surface area contributed by atoms with Crippen molar-refractivity contribution in [1.82, 2.24) is 9.55 Å². The number of aromatic nitrogens is 2. The summed E-state index contributed by atoms with van der Waals surface area (Å²) in [6.07, 6.45) is 6.95. The van der Waals surface area contributed by atoms with Crippen molar-refractivity contribution in [3.05, 3.63) is 32.8 Å². The average Bonchev–Trinajstić information content (AvgIpc) is 2.57. The van der Waals surface area contributed by atoms with Crippen LogP contribution in [0.5, 0.6) is 0 Å². The summed E-state index contributed by atoms with van der Waals surface area (Å²) >= 11 is 3.65. The van der Waals surface area contributed by atoms with E-state index in [-0.39, 0.29) is 11.6 Å². The number of benzene rings is 1. The van der Waals surface area contributed by atoms with Crippen LogP contribution in [0.1, 0.15) is 43.7 Å². The Morgan fingerprint density at radius 3 is 2.88 bits per heavy atom. The van der Waals surface area contributed by atoms with Gasteiger partial charge in [0.25, 0.3) is 5.56 Å². The quantitative estimate of drug-likeness (QED) is 0.811. The molecule has 1 fully saturated rings. The fourth-order valence-electron chi connectivity index (χ4n) is 4.18. The number of aliphatic hydroxyl groups is 1. The number of halogens is 1. The summed E-state index contributed by atoms with van der Waals surface area (Å²) in [5, 5.41) is 10.9. The predicted molar refractivity (Wildman–Crippen MR) is 98.8 cm³/mol. The van der Waals surface area contributed by atoms with E-state index < -0.39 is 6.10 Å². The molecule has 5 nitrogen and oxygen atoms in total. The van der Waals surface area contributed by atoms with E-state index in [4.69, 9.17) is 0 Å². The molecule has 1 aromatic carbocycles. The molecule has 2 atom stereocenters. The SMILES string of the molecule is CN1CCCc2c(Br)cc3c(=O)n(C4CCCCC4O)cnc3c21. The summed E-state index contributed by atoms with van der Waals surface area (Å²) in [5.74, 6) is 0. The van der Waals surface area contributed by atoms with Crippen molar-refractivity contribution in [2.45, 2.75) is 50.7 Å². The standard InChI is InChI=1S/C18H22BrN3O2/c1-21-8-4-5-11-13(19)9-12-16(17(11)21)20-10-22(18(12)24)14-6-2-3-7-15(14)23/h9-10,14-15,23H,2-8H2,1H3. The average molecular weight is 392 g/mol. The Morgan fingerprint density at radius 2 is 2.08 bits per heavy atom. The van der Waals surface area contributed by atoms with Crippen molar-refractivity contribution in [2.75, 3.05) is 18.5 Å². The number of aliphatic hydroxyl groups excluding tert-OH is 1. The van der Waals surface area contributed by atoms with Crippen molar-refractivity contribution in [2.24, 2.45) is 0 Å². The van der Waals surface area contributed by atoms with E-state index in [1.165, 1.54) is 5.56 Å². The molecule has 2 aliphatic rings. The maximum Gasteiger partial charge on any atom is 0.261 e. The first-order valence-electron chi connectivity index (χ1n) is 8.69. The third-order valence-corrected chi connectivity index (χ3v) is 6.16. The van der Waals surface area contributed by atoms with Gasteiger partial charge in [0.05, 0.1) is 29.5 Å². The maximum absolute atomic E-state index is 13.1. The second kappa shape index (κ2) is 6.15. The van der Waals surface area contributed by atoms with Crippen LogP contribution in [0.3, 0.4) is 0 Å². The molecule has 24 heavy (non-hydrogen) atoms. The van der Waals surface area contributed by atoms with Crippen LogP contribution in [0.2, 0.25) is 0 Å². The van der Waals surface area contributed by atoms with Crippen LogP contribution in [0, 0.1) is 0 Å². The molecule has 1 aliphatic carbocycles. The maximum atomic E-state index is 13.1. The molecule has 1 saturated carbocycles. The summed E-state index contributed by atoms with van der Waals surface area (Å²) < 4.78 is 2.63. The lowest BCUT2D eigenvalue weighted by atomic mass is 9.92. The Hall–Kier alpha value is -1.40. The molecule has 128 valence electrons. The van der Waals surface area contributed by atoms with Crippen molar-refractivity contribution in [3.63, 3.8) is 0 Å². The van der Waals surface area contributed by atoms with Gasteiger partial charge in [-0.2, -0.15) is 0 Å². The summed E-state index contributed by atoms with van der Waals surface area (Å²) in [7, 11) is 2.06. The molecular formula is C18H22BrN3O2.